The van der Waals surface area contributed by atoms with Crippen molar-refractivity contribution in [1.29, 1.82) is 0 Å². The summed E-state index contributed by atoms with van der Waals surface area (Å²) in [6.07, 6.45) is 0.535. The van der Waals surface area contributed by atoms with E-state index >= 15 is 0 Å². The summed E-state index contributed by atoms with van der Waals surface area (Å²) in [5.41, 5.74) is -0.793. The Balaban J connectivity index is 2.95. The first-order chi connectivity index (χ1) is 8.77. The molecule has 1 N–H and O–H groups in total. The van der Waals surface area contributed by atoms with E-state index in [9.17, 15) is 13.6 Å². The Morgan fingerprint density at radius 3 is 2.26 bits per heavy atom. The number of halogens is 3. The molecule has 1 unspecified atom stereocenters. The summed E-state index contributed by atoms with van der Waals surface area (Å²) < 4.78 is 27.0. The van der Waals surface area contributed by atoms with Gasteiger partial charge in [0.1, 0.15) is 17.2 Å². The van der Waals surface area contributed by atoms with E-state index in [1.807, 2.05) is 20.8 Å². The molecule has 0 aliphatic rings. The molecule has 0 bridgehead atoms. The normalized spacial score (nSPS) is 13.2. The maximum absolute atomic E-state index is 13.5. The Kier molecular flexibility index (Phi) is 5.29. The molecule has 0 saturated heterocycles. The fourth-order valence-electron chi connectivity index (χ4n) is 1.78. The molecule has 19 heavy (non-hydrogen) atoms. The van der Waals surface area contributed by atoms with Crippen LogP contribution < -0.4 is 5.32 Å². The van der Waals surface area contributed by atoms with Crippen molar-refractivity contribution in [2.45, 2.75) is 33.2 Å². The predicted molar refractivity (Wildman–Crippen MR) is 72.4 cm³/mol. The maximum atomic E-state index is 13.5. The molecule has 1 rings (SSSR count). The van der Waals surface area contributed by atoms with Gasteiger partial charge in [-0.15, -0.1) is 11.6 Å². The molecular formula is C14H18ClF2NO. The monoisotopic (exact) mass is 289 g/mol. The molecular weight excluding hydrogens is 272 g/mol. The summed E-state index contributed by atoms with van der Waals surface area (Å²) in [6, 6.07) is 3.09. The molecule has 1 aromatic carbocycles. The van der Waals surface area contributed by atoms with Gasteiger partial charge >= 0.3 is 0 Å². The van der Waals surface area contributed by atoms with Gasteiger partial charge in [0, 0.05) is 11.9 Å². The minimum atomic E-state index is -0.865. The first kappa shape index (κ1) is 15.9. The van der Waals surface area contributed by atoms with E-state index in [0.717, 1.165) is 12.1 Å². The van der Waals surface area contributed by atoms with Gasteiger partial charge in [-0.25, -0.2) is 8.78 Å². The number of amides is 1. The van der Waals surface area contributed by atoms with Gasteiger partial charge in [0.15, 0.2) is 0 Å². The minimum Gasteiger partial charge on any atom is -0.349 e. The topological polar surface area (TPSA) is 29.1 Å². The molecule has 0 aliphatic heterocycles. The molecule has 5 heteroatoms. The lowest BCUT2D eigenvalue weighted by Crippen LogP contribution is -2.44. The molecule has 106 valence electrons. The molecule has 0 heterocycles. The highest BCUT2D eigenvalue weighted by Gasteiger charge is 2.27. The quantitative estimate of drug-likeness (QED) is 0.841. The standard InChI is InChI=1S/C14H18ClF2NO/c1-14(2,3)11(7-8-15)18-13(19)12-9(16)5-4-6-10(12)17/h4-6,11H,7-8H2,1-3H3,(H,18,19). The Morgan fingerprint density at radius 2 is 1.84 bits per heavy atom. The Labute approximate surface area is 117 Å². The van der Waals surface area contributed by atoms with Crippen molar-refractivity contribution in [2.24, 2.45) is 5.41 Å². The fraction of sp³-hybridized carbons (Fsp3) is 0.500. The molecule has 0 saturated carbocycles. The number of nitrogens with one attached hydrogen (secondary N) is 1. The van der Waals surface area contributed by atoms with Gasteiger partial charge in [0.05, 0.1) is 0 Å². The summed E-state index contributed by atoms with van der Waals surface area (Å²) in [5.74, 6) is -2.12. The molecule has 0 aliphatic carbocycles. The van der Waals surface area contributed by atoms with Gasteiger partial charge in [-0.05, 0) is 24.0 Å². The minimum absolute atomic E-state index is 0.244. The van der Waals surface area contributed by atoms with Crippen LogP contribution in [0.15, 0.2) is 18.2 Å². The van der Waals surface area contributed by atoms with E-state index in [-0.39, 0.29) is 11.5 Å². The number of carbonyl (C=O) groups is 1. The van der Waals surface area contributed by atoms with E-state index in [2.05, 4.69) is 5.32 Å². The first-order valence-electron chi connectivity index (χ1n) is 6.08. The largest absolute Gasteiger partial charge is 0.349 e. The van der Waals surface area contributed by atoms with Gasteiger partial charge in [-0.1, -0.05) is 26.8 Å². The lowest BCUT2D eigenvalue weighted by atomic mass is 9.85. The van der Waals surface area contributed by atoms with Crippen LogP contribution in [0.3, 0.4) is 0 Å². The highest BCUT2D eigenvalue weighted by atomic mass is 35.5. The van der Waals surface area contributed by atoms with Crippen molar-refractivity contribution < 1.29 is 13.6 Å². The molecule has 1 aromatic rings. The summed E-state index contributed by atoms with van der Waals surface area (Å²) in [6.45, 7) is 5.80. The molecule has 0 radical (unpaired) electrons. The number of alkyl halides is 1. The van der Waals surface area contributed by atoms with Gasteiger partial charge < -0.3 is 5.32 Å². The van der Waals surface area contributed by atoms with Crippen LogP contribution in [0.5, 0.6) is 0 Å². The molecule has 0 fully saturated rings. The third-order valence-corrected chi connectivity index (χ3v) is 3.16. The fourth-order valence-corrected chi connectivity index (χ4v) is 1.99. The highest BCUT2D eigenvalue weighted by Crippen LogP contribution is 2.23. The van der Waals surface area contributed by atoms with E-state index in [0.29, 0.717) is 12.3 Å². The summed E-state index contributed by atoms with van der Waals surface area (Å²) >= 11 is 5.69. The van der Waals surface area contributed by atoms with Crippen LogP contribution in [0.2, 0.25) is 0 Å². The lowest BCUT2D eigenvalue weighted by molar-refractivity contribution is 0.0892. The molecule has 1 amide bonds. The van der Waals surface area contributed by atoms with Crippen molar-refractivity contribution in [1.82, 2.24) is 5.32 Å². The average Bonchev–Trinajstić information content (AvgIpc) is 2.27. The van der Waals surface area contributed by atoms with Gasteiger partial charge in [0.25, 0.3) is 5.91 Å². The average molecular weight is 290 g/mol. The second-order valence-electron chi connectivity index (χ2n) is 5.47. The van der Waals surface area contributed by atoms with Crippen LogP contribution in [0.4, 0.5) is 8.78 Å². The highest BCUT2D eigenvalue weighted by molar-refractivity contribution is 6.17. The zero-order chi connectivity index (χ0) is 14.6. The van der Waals surface area contributed by atoms with E-state index < -0.39 is 23.1 Å². The smallest absolute Gasteiger partial charge is 0.257 e. The van der Waals surface area contributed by atoms with Crippen LogP contribution in [-0.4, -0.2) is 17.8 Å². The predicted octanol–water partition coefficient (Wildman–Crippen LogP) is 3.74. The van der Waals surface area contributed by atoms with Crippen LogP contribution in [-0.2, 0) is 0 Å². The van der Waals surface area contributed by atoms with Crippen LogP contribution in [0.25, 0.3) is 0 Å². The van der Waals surface area contributed by atoms with E-state index in [4.69, 9.17) is 11.6 Å². The van der Waals surface area contributed by atoms with Crippen LogP contribution >= 0.6 is 11.6 Å². The number of benzene rings is 1. The summed E-state index contributed by atoms with van der Waals surface area (Å²) in [7, 11) is 0. The molecule has 0 aromatic heterocycles. The Bertz CT molecular complexity index is 437. The lowest BCUT2D eigenvalue weighted by Gasteiger charge is -2.31. The summed E-state index contributed by atoms with van der Waals surface area (Å²) in [4.78, 5) is 12.0. The van der Waals surface area contributed by atoms with E-state index in [1.54, 1.807) is 0 Å². The van der Waals surface area contributed by atoms with Crippen molar-refractivity contribution in [3.8, 4) is 0 Å². The van der Waals surface area contributed by atoms with Crippen molar-refractivity contribution >= 4 is 17.5 Å². The Morgan fingerprint density at radius 1 is 1.32 bits per heavy atom. The SMILES string of the molecule is CC(C)(C)C(CCCl)NC(=O)c1c(F)cccc1F. The number of rotatable bonds is 4. The van der Waals surface area contributed by atoms with Crippen molar-refractivity contribution in [2.75, 3.05) is 5.88 Å². The van der Waals surface area contributed by atoms with Crippen molar-refractivity contribution in [3.05, 3.63) is 35.4 Å². The molecule has 1 atom stereocenters. The maximum Gasteiger partial charge on any atom is 0.257 e. The zero-order valence-corrected chi connectivity index (χ0v) is 12.0. The molecule has 0 spiro atoms. The summed E-state index contributed by atoms with van der Waals surface area (Å²) in [5, 5.41) is 2.65. The number of hydrogen-bond acceptors (Lipinski definition) is 1. The van der Waals surface area contributed by atoms with E-state index in [1.165, 1.54) is 6.07 Å². The van der Waals surface area contributed by atoms with Gasteiger partial charge in [-0.2, -0.15) is 0 Å². The molecule has 2 nitrogen and oxygen atoms in total. The van der Waals surface area contributed by atoms with Crippen LogP contribution in [0.1, 0.15) is 37.6 Å². The third kappa shape index (κ3) is 4.16. The number of carbonyl (C=O) groups excluding carboxylic acids is 1. The van der Waals surface area contributed by atoms with Crippen LogP contribution in [0, 0.1) is 17.0 Å². The Hall–Kier alpha value is -1.16. The van der Waals surface area contributed by atoms with Crippen molar-refractivity contribution in [3.63, 3.8) is 0 Å². The number of hydrogen-bond donors (Lipinski definition) is 1. The second-order valence-corrected chi connectivity index (χ2v) is 5.84. The second kappa shape index (κ2) is 6.33. The van der Waals surface area contributed by atoms with Gasteiger partial charge in [-0.3, -0.25) is 4.79 Å². The third-order valence-electron chi connectivity index (χ3n) is 2.94. The zero-order valence-electron chi connectivity index (χ0n) is 11.3. The first-order valence-corrected chi connectivity index (χ1v) is 6.61. The van der Waals surface area contributed by atoms with Gasteiger partial charge in [0.2, 0.25) is 0 Å².